The number of fused-ring (bicyclic) bond motifs is 6. The van der Waals surface area contributed by atoms with E-state index in [1.165, 1.54) is 54.6 Å². The highest BCUT2D eigenvalue weighted by molar-refractivity contribution is 6.26. The summed E-state index contributed by atoms with van der Waals surface area (Å²) in [6.07, 6.45) is 3.98. The lowest BCUT2D eigenvalue weighted by Crippen LogP contribution is -1.90. The summed E-state index contributed by atoms with van der Waals surface area (Å²) >= 11 is 0. The van der Waals surface area contributed by atoms with Crippen LogP contribution in [0.3, 0.4) is 0 Å². The van der Waals surface area contributed by atoms with Gasteiger partial charge in [-0.3, -0.25) is 9.97 Å². The SMILES string of the molecule is Cc1cc2c3cc(-c4ccc(-c5ccccc5)nc4)ccc3c3ccc(-c4ccc(-c5ccccc5)nc4)cc3c2cc1C. The zero-order valence-electron chi connectivity index (χ0n) is 24.8. The van der Waals surface area contributed by atoms with Gasteiger partial charge in [-0.25, -0.2) is 0 Å². The van der Waals surface area contributed by atoms with E-state index in [0.717, 1.165) is 33.6 Å². The third-order valence-corrected chi connectivity index (χ3v) is 8.88. The fraction of sp³-hybridized carbons (Fsp3) is 0.0476. The summed E-state index contributed by atoms with van der Waals surface area (Å²) in [5.74, 6) is 0. The van der Waals surface area contributed by atoms with E-state index in [9.17, 15) is 0 Å². The quantitative estimate of drug-likeness (QED) is 0.199. The van der Waals surface area contributed by atoms with E-state index in [2.05, 4.69) is 135 Å². The van der Waals surface area contributed by atoms with Gasteiger partial charge in [0, 0.05) is 34.6 Å². The van der Waals surface area contributed by atoms with Crippen molar-refractivity contribution < 1.29 is 0 Å². The van der Waals surface area contributed by atoms with E-state index in [4.69, 9.17) is 9.97 Å². The zero-order chi connectivity index (χ0) is 29.6. The van der Waals surface area contributed by atoms with Crippen LogP contribution in [0.25, 0.3) is 77.1 Å². The molecule has 0 aliphatic carbocycles. The standard InChI is InChI=1S/C42H30N2/c1-27-21-37-38(22-28(27)2)40-24-32(34-16-20-42(44-26-34)30-11-7-4-8-12-30)14-18-36(40)35-17-13-31(23-39(35)37)33-15-19-41(43-25-33)29-9-5-3-6-10-29/h3-26H,1-2H3. The number of rotatable bonds is 4. The van der Waals surface area contributed by atoms with Crippen LogP contribution in [-0.2, 0) is 0 Å². The van der Waals surface area contributed by atoms with Crippen LogP contribution in [0, 0.1) is 13.8 Å². The number of aryl methyl sites for hydroxylation is 2. The molecule has 2 aromatic heterocycles. The molecular weight excluding hydrogens is 532 g/mol. The first-order chi connectivity index (χ1) is 21.6. The predicted molar refractivity (Wildman–Crippen MR) is 186 cm³/mol. The van der Waals surface area contributed by atoms with E-state index in [1.807, 2.05) is 24.5 Å². The van der Waals surface area contributed by atoms with Gasteiger partial charge in [0.2, 0.25) is 0 Å². The van der Waals surface area contributed by atoms with E-state index < -0.39 is 0 Å². The minimum atomic E-state index is 0.985. The van der Waals surface area contributed by atoms with Gasteiger partial charge in [0.15, 0.2) is 0 Å². The Morgan fingerprint density at radius 3 is 1.09 bits per heavy atom. The molecule has 2 heteroatoms. The monoisotopic (exact) mass is 562 g/mol. The van der Waals surface area contributed by atoms with Crippen molar-refractivity contribution in [2.45, 2.75) is 13.8 Å². The molecule has 2 heterocycles. The van der Waals surface area contributed by atoms with Crippen LogP contribution in [0.15, 0.2) is 146 Å². The van der Waals surface area contributed by atoms with Gasteiger partial charge in [-0.15, -0.1) is 0 Å². The summed E-state index contributed by atoms with van der Waals surface area (Å²) in [6, 6.07) is 47.7. The Hall–Kier alpha value is -5.60. The average Bonchev–Trinajstić information content (AvgIpc) is 3.09. The lowest BCUT2D eigenvalue weighted by Gasteiger charge is -2.15. The first kappa shape index (κ1) is 26.1. The lowest BCUT2D eigenvalue weighted by molar-refractivity contribution is 1.33. The largest absolute Gasteiger partial charge is 0.256 e. The predicted octanol–water partition coefficient (Wildman–Crippen LogP) is 11.2. The molecule has 0 aliphatic rings. The number of hydrogen-bond acceptors (Lipinski definition) is 2. The maximum atomic E-state index is 4.80. The molecule has 0 atom stereocenters. The van der Waals surface area contributed by atoms with Gasteiger partial charge < -0.3 is 0 Å². The zero-order valence-corrected chi connectivity index (χ0v) is 24.8. The molecule has 0 bridgehead atoms. The van der Waals surface area contributed by atoms with E-state index in [-0.39, 0.29) is 0 Å². The Morgan fingerprint density at radius 1 is 0.318 bits per heavy atom. The van der Waals surface area contributed by atoms with Crippen LogP contribution < -0.4 is 0 Å². The first-order valence-electron chi connectivity index (χ1n) is 15.1. The van der Waals surface area contributed by atoms with Crippen LogP contribution in [0.1, 0.15) is 11.1 Å². The highest BCUT2D eigenvalue weighted by atomic mass is 14.7. The lowest BCUT2D eigenvalue weighted by atomic mass is 9.89. The molecule has 0 radical (unpaired) electrons. The Bertz CT molecular complexity index is 2140. The second-order valence-corrected chi connectivity index (χ2v) is 11.6. The van der Waals surface area contributed by atoms with E-state index in [1.54, 1.807) is 0 Å². The Balaban J connectivity index is 1.26. The minimum absolute atomic E-state index is 0.985. The third-order valence-electron chi connectivity index (χ3n) is 8.88. The molecule has 0 amide bonds. The number of nitrogens with zero attached hydrogens (tertiary/aromatic N) is 2. The molecule has 0 N–H and O–H groups in total. The van der Waals surface area contributed by atoms with Gasteiger partial charge in [0.05, 0.1) is 11.4 Å². The molecule has 2 nitrogen and oxygen atoms in total. The van der Waals surface area contributed by atoms with Crippen LogP contribution in [0.4, 0.5) is 0 Å². The third kappa shape index (κ3) is 4.53. The molecule has 8 aromatic rings. The van der Waals surface area contributed by atoms with Crippen molar-refractivity contribution in [3.8, 4) is 44.8 Å². The van der Waals surface area contributed by atoms with Crippen molar-refractivity contribution >= 4 is 32.3 Å². The number of aromatic nitrogens is 2. The molecule has 0 aliphatic heterocycles. The Kier molecular flexibility index (Phi) is 6.27. The smallest absolute Gasteiger partial charge is 0.0702 e. The Labute approximate surface area is 257 Å². The number of hydrogen-bond donors (Lipinski definition) is 0. The van der Waals surface area contributed by atoms with Crippen molar-refractivity contribution in [2.24, 2.45) is 0 Å². The second kappa shape index (κ2) is 10.6. The van der Waals surface area contributed by atoms with Crippen molar-refractivity contribution in [1.82, 2.24) is 9.97 Å². The molecule has 8 rings (SSSR count). The molecule has 0 spiro atoms. The summed E-state index contributed by atoms with van der Waals surface area (Å²) in [4.78, 5) is 9.60. The maximum Gasteiger partial charge on any atom is 0.0702 e. The minimum Gasteiger partial charge on any atom is -0.256 e. The maximum absolute atomic E-state index is 4.80. The summed E-state index contributed by atoms with van der Waals surface area (Å²) in [5.41, 5.74) is 11.4. The van der Waals surface area contributed by atoms with Crippen LogP contribution >= 0.6 is 0 Å². The number of benzene rings is 6. The van der Waals surface area contributed by atoms with Gasteiger partial charge in [0.1, 0.15) is 0 Å². The fourth-order valence-electron chi connectivity index (χ4n) is 6.31. The molecule has 0 saturated carbocycles. The Morgan fingerprint density at radius 2 is 0.705 bits per heavy atom. The van der Waals surface area contributed by atoms with E-state index >= 15 is 0 Å². The van der Waals surface area contributed by atoms with Gasteiger partial charge >= 0.3 is 0 Å². The molecular formula is C42H30N2. The van der Waals surface area contributed by atoms with Crippen LogP contribution in [-0.4, -0.2) is 9.97 Å². The first-order valence-corrected chi connectivity index (χ1v) is 15.1. The van der Waals surface area contributed by atoms with Gasteiger partial charge in [-0.05, 0) is 92.7 Å². The topological polar surface area (TPSA) is 25.8 Å². The van der Waals surface area contributed by atoms with E-state index in [0.29, 0.717) is 0 Å². The molecule has 208 valence electrons. The molecule has 0 unspecified atom stereocenters. The molecule has 0 saturated heterocycles. The van der Waals surface area contributed by atoms with Gasteiger partial charge in [-0.1, -0.05) is 109 Å². The highest BCUT2D eigenvalue weighted by Gasteiger charge is 2.13. The van der Waals surface area contributed by atoms with Crippen LogP contribution in [0.2, 0.25) is 0 Å². The van der Waals surface area contributed by atoms with Crippen molar-refractivity contribution in [3.63, 3.8) is 0 Å². The summed E-state index contributed by atoms with van der Waals surface area (Å²) in [6.45, 7) is 4.41. The normalized spacial score (nSPS) is 11.4. The second-order valence-electron chi connectivity index (χ2n) is 11.6. The fourth-order valence-corrected chi connectivity index (χ4v) is 6.31. The summed E-state index contributed by atoms with van der Waals surface area (Å²) < 4.78 is 0. The number of pyridine rings is 2. The van der Waals surface area contributed by atoms with Crippen molar-refractivity contribution in [1.29, 1.82) is 0 Å². The highest BCUT2D eigenvalue weighted by Crippen LogP contribution is 2.40. The van der Waals surface area contributed by atoms with Crippen LogP contribution in [0.5, 0.6) is 0 Å². The summed E-state index contributed by atoms with van der Waals surface area (Å²) in [5, 5.41) is 7.61. The van der Waals surface area contributed by atoms with Gasteiger partial charge in [-0.2, -0.15) is 0 Å². The van der Waals surface area contributed by atoms with Crippen molar-refractivity contribution in [2.75, 3.05) is 0 Å². The van der Waals surface area contributed by atoms with Gasteiger partial charge in [0.25, 0.3) is 0 Å². The molecule has 44 heavy (non-hydrogen) atoms. The summed E-state index contributed by atoms with van der Waals surface area (Å²) in [7, 11) is 0. The molecule has 6 aromatic carbocycles. The average molecular weight is 563 g/mol. The molecule has 0 fully saturated rings. The van der Waals surface area contributed by atoms with Crippen molar-refractivity contribution in [3.05, 3.63) is 157 Å².